The SMILES string of the molecule is COc1ccc(C(=O)C2(CO)CC2)c(C)c1C. The summed E-state index contributed by atoms with van der Waals surface area (Å²) in [4.78, 5) is 12.3. The summed E-state index contributed by atoms with van der Waals surface area (Å²) < 4.78 is 5.23. The second kappa shape index (κ2) is 4.15. The minimum Gasteiger partial charge on any atom is -0.496 e. The van der Waals surface area contributed by atoms with Gasteiger partial charge in [0.25, 0.3) is 0 Å². The molecular weight excluding hydrogens is 216 g/mol. The van der Waals surface area contributed by atoms with Gasteiger partial charge in [-0.15, -0.1) is 0 Å². The normalized spacial score (nSPS) is 16.7. The average Bonchev–Trinajstić information content (AvgIpc) is 3.13. The molecule has 17 heavy (non-hydrogen) atoms. The summed E-state index contributed by atoms with van der Waals surface area (Å²) in [5, 5.41) is 9.30. The third-order valence-electron chi connectivity index (χ3n) is 3.84. The number of carbonyl (C=O) groups excluding carboxylic acids is 1. The Balaban J connectivity index is 2.40. The van der Waals surface area contributed by atoms with Crippen molar-refractivity contribution in [1.82, 2.24) is 0 Å². The molecule has 0 saturated heterocycles. The zero-order valence-corrected chi connectivity index (χ0v) is 10.5. The Kier molecular flexibility index (Phi) is 2.96. The number of rotatable bonds is 4. The molecule has 92 valence electrons. The van der Waals surface area contributed by atoms with Crippen LogP contribution < -0.4 is 4.74 Å². The van der Waals surface area contributed by atoms with Crippen LogP contribution in [0.2, 0.25) is 0 Å². The largest absolute Gasteiger partial charge is 0.496 e. The zero-order chi connectivity index (χ0) is 12.6. The first-order valence-electron chi connectivity index (χ1n) is 5.85. The van der Waals surface area contributed by atoms with E-state index in [0.717, 1.165) is 35.3 Å². The first kappa shape index (κ1) is 12.1. The van der Waals surface area contributed by atoms with Crippen LogP contribution in [0.15, 0.2) is 12.1 Å². The highest BCUT2D eigenvalue weighted by atomic mass is 16.5. The molecule has 0 aromatic heterocycles. The Labute approximate surface area is 101 Å². The van der Waals surface area contributed by atoms with Gasteiger partial charge in [-0.25, -0.2) is 0 Å². The number of benzene rings is 1. The topological polar surface area (TPSA) is 46.5 Å². The van der Waals surface area contributed by atoms with E-state index in [9.17, 15) is 9.90 Å². The number of aliphatic hydroxyl groups is 1. The van der Waals surface area contributed by atoms with Crippen molar-refractivity contribution < 1.29 is 14.6 Å². The van der Waals surface area contributed by atoms with Crippen LogP contribution in [0, 0.1) is 19.3 Å². The lowest BCUT2D eigenvalue weighted by Gasteiger charge is -2.15. The minimum atomic E-state index is -0.494. The molecule has 1 N–H and O–H groups in total. The number of carbonyl (C=O) groups is 1. The number of hydrogen-bond acceptors (Lipinski definition) is 3. The van der Waals surface area contributed by atoms with Crippen LogP contribution in [-0.2, 0) is 0 Å². The lowest BCUT2D eigenvalue weighted by atomic mass is 9.90. The molecule has 3 nitrogen and oxygen atoms in total. The van der Waals surface area contributed by atoms with E-state index in [1.807, 2.05) is 19.9 Å². The number of ketones is 1. The van der Waals surface area contributed by atoms with Crippen LogP contribution in [0.4, 0.5) is 0 Å². The van der Waals surface area contributed by atoms with E-state index in [-0.39, 0.29) is 12.4 Å². The van der Waals surface area contributed by atoms with E-state index < -0.39 is 5.41 Å². The predicted molar refractivity (Wildman–Crippen MR) is 65.6 cm³/mol. The van der Waals surface area contributed by atoms with E-state index in [0.29, 0.717) is 0 Å². The standard InChI is InChI=1S/C14H18O3/c1-9-10(2)12(17-3)5-4-11(9)13(16)14(8-15)6-7-14/h4-5,15H,6-8H2,1-3H3. The van der Waals surface area contributed by atoms with E-state index >= 15 is 0 Å². The first-order chi connectivity index (χ1) is 8.05. The fraction of sp³-hybridized carbons (Fsp3) is 0.500. The summed E-state index contributed by atoms with van der Waals surface area (Å²) in [5.41, 5.74) is 2.17. The smallest absolute Gasteiger partial charge is 0.171 e. The van der Waals surface area contributed by atoms with Gasteiger partial charge in [0.05, 0.1) is 19.1 Å². The van der Waals surface area contributed by atoms with Crippen LogP contribution in [0.3, 0.4) is 0 Å². The van der Waals surface area contributed by atoms with E-state index in [4.69, 9.17) is 4.74 Å². The fourth-order valence-electron chi connectivity index (χ4n) is 2.16. The Bertz CT molecular complexity index is 459. The monoisotopic (exact) mass is 234 g/mol. The van der Waals surface area contributed by atoms with Gasteiger partial charge in [-0.05, 0) is 49.9 Å². The molecule has 1 aliphatic rings. The van der Waals surface area contributed by atoms with Gasteiger partial charge in [-0.2, -0.15) is 0 Å². The van der Waals surface area contributed by atoms with Gasteiger partial charge in [0.2, 0.25) is 0 Å². The van der Waals surface area contributed by atoms with Crippen LogP contribution >= 0.6 is 0 Å². The number of hydrogen-bond donors (Lipinski definition) is 1. The quantitative estimate of drug-likeness (QED) is 0.813. The molecule has 0 heterocycles. The van der Waals surface area contributed by atoms with Crippen LogP contribution in [-0.4, -0.2) is 24.6 Å². The van der Waals surface area contributed by atoms with Gasteiger partial charge in [0, 0.05) is 5.56 Å². The fourth-order valence-corrected chi connectivity index (χ4v) is 2.16. The van der Waals surface area contributed by atoms with Crippen molar-refractivity contribution in [1.29, 1.82) is 0 Å². The third-order valence-corrected chi connectivity index (χ3v) is 3.84. The van der Waals surface area contributed by atoms with Crippen molar-refractivity contribution >= 4 is 5.78 Å². The summed E-state index contributed by atoms with van der Waals surface area (Å²) in [7, 11) is 1.62. The van der Waals surface area contributed by atoms with Gasteiger partial charge < -0.3 is 9.84 Å². The van der Waals surface area contributed by atoms with Crippen LogP contribution in [0.25, 0.3) is 0 Å². The average molecular weight is 234 g/mol. The molecule has 0 amide bonds. The van der Waals surface area contributed by atoms with E-state index in [2.05, 4.69) is 0 Å². The van der Waals surface area contributed by atoms with Gasteiger partial charge in [-0.3, -0.25) is 4.79 Å². The summed E-state index contributed by atoms with van der Waals surface area (Å²) in [6.07, 6.45) is 1.60. The molecule has 0 radical (unpaired) electrons. The summed E-state index contributed by atoms with van der Waals surface area (Å²) in [6.45, 7) is 3.83. The van der Waals surface area contributed by atoms with E-state index in [1.54, 1.807) is 13.2 Å². The Morgan fingerprint density at radius 3 is 2.47 bits per heavy atom. The molecule has 1 aliphatic carbocycles. The number of aliphatic hydroxyl groups excluding tert-OH is 1. The molecule has 0 spiro atoms. The van der Waals surface area contributed by atoms with Crippen molar-refractivity contribution in [2.45, 2.75) is 26.7 Å². The van der Waals surface area contributed by atoms with Crippen molar-refractivity contribution in [2.24, 2.45) is 5.41 Å². The van der Waals surface area contributed by atoms with Gasteiger partial charge in [0.15, 0.2) is 5.78 Å². The maximum Gasteiger partial charge on any atom is 0.171 e. The molecule has 1 fully saturated rings. The molecule has 3 heteroatoms. The molecule has 1 aromatic rings. The molecule has 1 saturated carbocycles. The minimum absolute atomic E-state index is 0.0453. The van der Waals surface area contributed by atoms with E-state index in [1.165, 1.54) is 0 Å². The summed E-state index contributed by atoms with van der Waals surface area (Å²) >= 11 is 0. The van der Waals surface area contributed by atoms with Crippen molar-refractivity contribution in [3.63, 3.8) is 0 Å². The molecule has 0 bridgehead atoms. The molecule has 0 unspecified atom stereocenters. The summed E-state index contributed by atoms with van der Waals surface area (Å²) in [6, 6.07) is 3.63. The second-order valence-electron chi connectivity index (χ2n) is 4.83. The number of methoxy groups -OCH3 is 1. The molecule has 1 aromatic carbocycles. The van der Waals surface area contributed by atoms with Crippen molar-refractivity contribution in [3.8, 4) is 5.75 Å². The van der Waals surface area contributed by atoms with Crippen molar-refractivity contribution in [2.75, 3.05) is 13.7 Å². The second-order valence-corrected chi connectivity index (χ2v) is 4.83. The molecule has 0 atom stereocenters. The Morgan fingerprint density at radius 2 is 2.00 bits per heavy atom. The zero-order valence-electron chi connectivity index (χ0n) is 10.5. The predicted octanol–water partition coefficient (Wildman–Crippen LogP) is 2.27. The maximum atomic E-state index is 12.3. The summed E-state index contributed by atoms with van der Waals surface area (Å²) in [5.74, 6) is 0.871. The lowest BCUT2D eigenvalue weighted by molar-refractivity contribution is 0.0829. The Morgan fingerprint density at radius 1 is 1.35 bits per heavy atom. The van der Waals surface area contributed by atoms with Crippen LogP contribution in [0.1, 0.15) is 34.3 Å². The van der Waals surface area contributed by atoms with Gasteiger partial charge in [-0.1, -0.05) is 0 Å². The highest BCUT2D eigenvalue weighted by molar-refractivity contribution is 6.03. The molecule has 0 aliphatic heterocycles. The number of ether oxygens (including phenoxy) is 1. The maximum absolute atomic E-state index is 12.3. The van der Waals surface area contributed by atoms with Crippen LogP contribution in [0.5, 0.6) is 5.75 Å². The van der Waals surface area contributed by atoms with Crippen molar-refractivity contribution in [3.05, 3.63) is 28.8 Å². The number of Topliss-reactive ketones (excluding diaryl/α,β-unsaturated/α-hetero) is 1. The molecular formula is C14H18O3. The lowest BCUT2D eigenvalue weighted by Crippen LogP contribution is -2.21. The first-order valence-corrected chi connectivity index (χ1v) is 5.85. The van der Waals surface area contributed by atoms with Gasteiger partial charge >= 0.3 is 0 Å². The third kappa shape index (κ3) is 1.84. The highest BCUT2D eigenvalue weighted by Crippen LogP contribution is 2.48. The Hall–Kier alpha value is -1.35. The van der Waals surface area contributed by atoms with Gasteiger partial charge in [0.1, 0.15) is 5.75 Å². The highest BCUT2D eigenvalue weighted by Gasteiger charge is 2.49. The molecule has 2 rings (SSSR count).